The van der Waals surface area contributed by atoms with E-state index in [1.165, 1.54) is 20.3 Å². The quantitative estimate of drug-likeness (QED) is 0.396. The average molecular weight is 397 g/mol. The molecule has 0 saturated carbocycles. The zero-order chi connectivity index (χ0) is 21.2. The van der Waals surface area contributed by atoms with Gasteiger partial charge in [0.25, 0.3) is 0 Å². The lowest BCUT2D eigenvalue weighted by Crippen LogP contribution is -2.13. The Morgan fingerprint density at radius 3 is 2.28 bits per heavy atom. The Morgan fingerprint density at radius 1 is 0.966 bits per heavy atom. The van der Waals surface area contributed by atoms with Crippen molar-refractivity contribution >= 4 is 29.4 Å². The maximum absolute atomic E-state index is 12.1. The van der Waals surface area contributed by atoms with E-state index in [2.05, 4.69) is 5.32 Å². The Hall–Kier alpha value is -3.61. The third-order valence-electron chi connectivity index (χ3n) is 3.98. The summed E-state index contributed by atoms with van der Waals surface area (Å²) >= 11 is 0. The molecule has 0 aromatic heterocycles. The third kappa shape index (κ3) is 6.49. The number of esters is 1. The van der Waals surface area contributed by atoms with E-state index in [0.717, 1.165) is 5.56 Å². The van der Waals surface area contributed by atoms with E-state index >= 15 is 0 Å². The van der Waals surface area contributed by atoms with Crippen LogP contribution in [0.15, 0.2) is 48.5 Å². The van der Waals surface area contributed by atoms with Gasteiger partial charge < -0.3 is 19.5 Å². The number of hydrogen-bond acceptors (Lipinski definition) is 6. The fourth-order valence-electron chi connectivity index (χ4n) is 2.38. The number of ketones is 1. The molecule has 2 aromatic rings. The van der Waals surface area contributed by atoms with Crippen LogP contribution in [0.1, 0.15) is 29.3 Å². The number of hydrogen-bond donors (Lipinski definition) is 1. The molecule has 152 valence electrons. The van der Waals surface area contributed by atoms with E-state index in [4.69, 9.17) is 14.2 Å². The molecule has 0 unspecified atom stereocenters. The van der Waals surface area contributed by atoms with E-state index in [1.54, 1.807) is 55.5 Å². The minimum absolute atomic E-state index is 0.112. The molecule has 1 amide bonds. The van der Waals surface area contributed by atoms with Crippen LogP contribution in [0.3, 0.4) is 0 Å². The van der Waals surface area contributed by atoms with Crippen LogP contribution in [-0.2, 0) is 14.3 Å². The largest absolute Gasteiger partial charge is 0.493 e. The van der Waals surface area contributed by atoms with Crippen LogP contribution in [0.5, 0.6) is 11.5 Å². The highest BCUT2D eigenvalue weighted by Gasteiger charge is 2.09. The van der Waals surface area contributed by atoms with Crippen LogP contribution >= 0.6 is 0 Å². The molecule has 7 nitrogen and oxygen atoms in total. The smallest absolute Gasteiger partial charge is 0.331 e. The fraction of sp³-hybridized carbons (Fsp3) is 0.227. The third-order valence-corrected chi connectivity index (χ3v) is 3.98. The van der Waals surface area contributed by atoms with Crippen molar-refractivity contribution in [2.75, 3.05) is 26.1 Å². The monoisotopic (exact) mass is 397 g/mol. The van der Waals surface area contributed by atoms with Gasteiger partial charge in [-0.15, -0.1) is 0 Å². The van der Waals surface area contributed by atoms with E-state index < -0.39 is 5.97 Å². The number of Topliss-reactive ketones (excluding diaryl/α,β-unsaturated/α-hetero) is 1. The fourth-order valence-corrected chi connectivity index (χ4v) is 2.38. The van der Waals surface area contributed by atoms with Gasteiger partial charge in [-0.1, -0.05) is 13.0 Å². The Bertz CT molecular complexity index is 902. The van der Waals surface area contributed by atoms with E-state index in [0.29, 0.717) is 29.2 Å². The summed E-state index contributed by atoms with van der Waals surface area (Å²) in [7, 11) is 3.06. The van der Waals surface area contributed by atoms with Gasteiger partial charge in [0, 0.05) is 23.7 Å². The van der Waals surface area contributed by atoms with Crippen LogP contribution in [0.25, 0.3) is 6.08 Å². The summed E-state index contributed by atoms with van der Waals surface area (Å²) in [4.78, 5) is 35.4. The second kappa shape index (κ2) is 10.7. The van der Waals surface area contributed by atoms with Gasteiger partial charge in [-0.2, -0.15) is 0 Å². The molecule has 0 heterocycles. The lowest BCUT2D eigenvalue weighted by atomic mass is 10.1. The number of amides is 1. The van der Waals surface area contributed by atoms with Gasteiger partial charge in [0.05, 0.1) is 14.2 Å². The van der Waals surface area contributed by atoms with Crippen LogP contribution < -0.4 is 14.8 Å². The predicted octanol–water partition coefficient (Wildman–Crippen LogP) is 3.49. The van der Waals surface area contributed by atoms with Crippen molar-refractivity contribution in [2.24, 2.45) is 0 Å². The average Bonchev–Trinajstić information content (AvgIpc) is 2.76. The molecular formula is C22H23NO6. The first kappa shape index (κ1) is 21.7. The Kier molecular flexibility index (Phi) is 7.97. The van der Waals surface area contributed by atoms with Gasteiger partial charge in [0.1, 0.15) is 0 Å². The van der Waals surface area contributed by atoms with Gasteiger partial charge in [-0.05, 0) is 48.0 Å². The highest BCUT2D eigenvalue weighted by Crippen LogP contribution is 2.27. The summed E-state index contributed by atoms with van der Waals surface area (Å²) in [5.41, 5.74) is 1.70. The number of carbonyl (C=O) groups is 3. The van der Waals surface area contributed by atoms with Gasteiger partial charge in [-0.3, -0.25) is 9.59 Å². The number of benzene rings is 2. The molecule has 2 rings (SSSR count). The van der Waals surface area contributed by atoms with Crippen molar-refractivity contribution in [2.45, 2.75) is 13.3 Å². The molecule has 0 saturated heterocycles. The normalized spacial score (nSPS) is 10.4. The second-order valence-corrected chi connectivity index (χ2v) is 5.96. The molecule has 0 radical (unpaired) electrons. The minimum atomic E-state index is -0.639. The molecule has 0 bridgehead atoms. The molecule has 0 atom stereocenters. The summed E-state index contributed by atoms with van der Waals surface area (Å²) in [6.45, 7) is 1.37. The summed E-state index contributed by atoms with van der Waals surface area (Å²) in [6.07, 6.45) is 3.16. The molecule has 29 heavy (non-hydrogen) atoms. The zero-order valence-electron chi connectivity index (χ0n) is 16.6. The lowest BCUT2D eigenvalue weighted by Gasteiger charge is -2.07. The second-order valence-electron chi connectivity index (χ2n) is 5.96. The van der Waals surface area contributed by atoms with Crippen LogP contribution in [0.2, 0.25) is 0 Å². The van der Waals surface area contributed by atoms with Crippen molar-refractivity contribution in [1.82, 2.24) is 0 Å². The van der Waals surface area contributed by atoms with Gasteiger partial charge in [-0.25, -0.2) is 4.79 Å². The Morgan fingerprint density at radius 2 is 1.66 bits per heavy atom. The molecule has 0 aliphatic rings. The highest BCUT2D eigenvalue weighted by molar-refractivity contribution is 5.99. The first-order valence-corrected chi connectivity index (χ1v) is 8.96. The van der Waals surface area contributed by atoms with Crippen molar-refractivity contribution in [3.05, 3.63) is 59.7 Å². The van der Waals surface area contributed by atoms with Crippen LogP contribution in [0, 0.1) is 0 Å². The number of anilines is 1. The summed E-state index contributed by atoms with van der Waals surface area (Å²) in [5, 5.41) is 2.69. The first-order valence-electron chi connectivity index (χ1n) is 8.96. The number of ether oxygens (including phenoxy) is 3. The molecule has 2 aromatic carbocycles. The topological polar surface area (TPSA) is 90.9 Å². The van der Waals surface area contributed by atoms with E-state index in [9.17, 15) is 14.4 Å². The number of carbonyl (C=O) groups excluding carboxylic acids is 3. The van der Waals surface area contributed by atoms with Crippen LogP contribution in [-0.4, -0.2) is 38.5 Å². The van der Waals surface area contributed by atoms with Crippen LogP contribution in [0.4, 0.5) is 5.69 Å². The van der Waals surface area contributed by atoms with Crippen molar-refractivity contribution in [3.8, 4) is 11.5 Å². The Labute approximate surface area is 169 Å². The van der Waals surface area contributed by atoms with Gasteiger partial charge >= 0.3 is 5.97 Å². The molecule has 0 fully saturated rings. The maximum Gasteiger partial charge on any atom is 0.331 e. The number of nitrogens with one attached hydrogen (secondary N) is 1. The number of methoxy groups -OCH3 is 2. The zero-order valence-corrected chi connectivity index (χ0v) is 16.6. The van der Waals surface area contributed by atoms with E-state index in [1.807, 2.05) is 0 Å². The molecule has 0 spiro atoms. The minimum Gasteiger partial charge on any atom is -0.493 e. The molecule has 7 heteroatoms. The summed E-state index contributed by atoms with van der Waals surface area (Å²) in [6, 6.07) is 11.6. The highest BCUT2D eigenvalue weighted by atomic mass is 16.5. The maximum atomic E-state index is 12.1. The van der Waals surface area contributed by atoms with Crippen molar-refractivity contribution in [3.63, 3.8) is 0 Å². The predicted molar refractivity (Wildman–Crippen MR) is 109 cm³/mol. The standard InChI is InChI=1S/C22H23NO6/c1-4-21(25)23-17-9-7-16(8-10-17)18(24)14-29-22(26)12-6-15-5-11-19(27-2)20(13-15)28-3/h5-13H,4,14H2,1-3H3,(H,23,25)/b12-6+. The lowest BCUT2D eigenvalue weighted by molar-refractivity contribution is -0.136. The van der Waals surface area contributed by atoms with Gasteiger partial charge in [0.2, 0.25) is 5.91 Å². The van der Waals surface area contributed by atoms with Crippen molar-refractivity contribution < 1.29 is 28.6 Å². The first-order chi connectivity index (χ1) is 14.0. The summed E-state index contributed by atoms with van der Waals surface area (Å²) in [5.74, 6) is 0.0281. The van der Waals surface area contributed by atoms with Crippen molar-refractivity contribution in [1.29, 1.82) is 0 Å². The van der Waals surface area contributed by atoms with Gasteiger partial charge in [0.15, 0.2) is 23.9 Å². The Balaban J connectivity index is 1.89. The SMILES string of the molecule is CCC(=O)Nc1ccc(C(=O)COC(=O)/C=C/c2ccc(OC)c(OC)c2)cc1. The molecule has 1 N–H and O–H groups in total. The molecular weight excluding hydrogens is 374 g/mol. The molecule has 0 aliphatic heterocycles. The summed E-state index contributed by atoms with van der Waals surface area (Å²) < 4.78 is 15.4. The van der Waals surface area contributed by atoms with E-state index in [-0.39, 0.29) is 18.3 Å². The number of rotatable bonds is 9. The molecule has 0 aliphatic carbocycles.